The standard InChI is InChI=1S/C25H29N3O5S/c1-2-24(29)26-21-13-19-15-28(16-20(19)14-21)34(32,33)22-10-8-18(9-11-22)23(27-25(30)31)12-17-6-4-3-5-7-17/h2-11,19-21,23,27H,1,12-16H2,(H,26,29)(H,30,31). The van der Waals surface area contributed by atoms with E-state index in [2.05, 4.69) is 17.2 Å². The van der Waals surface area contributed by atoms with Crippen molar-refractivity contribution in [1.29, 1.82) is 0 Å². The molecule has 4 rings (SSSR count). The fourth-order valence-electron chi connectivity index (χ4n) is 5.10. The van der Waals surface area contributed by atoms with Gasteiger partial charge in [-0.1, -0.05) is 49.0 Å². The summed E-state index contributed by atoms with van der Waals surface area (Å²) in [5.74, 6) is 0.246. The van der Waals surface area contributed by atoms with Gasteiger partial charge in [-0.25, -0.2) is 13.2 Å². The monoisotopic (exact) mass is 483 g/mol. The number of nitrogens with zero attached hydrogens (tertiary/aromatic N) is 1. The summed E-state index contributed by atoms with van der Waals surface area (Å²) in [6.45, 7) is 4.35. The second-order valence-corrected chi connectivity index (χ2v) is 10.9. The Balaban J connectivity index is 1.44. The quantitative estimate of drug-likeness (QED) is 0.500. The highest BCUT2D eigenvalue weighted by Gasteiger charge is 2.45. The molecule has 1 saturated heterocycles. The van der Waals surface area contributed by atoms with Crippen molar-refractivity contribution < 1.29 is 23.1 Å². The molecule has 0 bridgehead atoms. The van der Waals surface area contributed by atoms with Crippen LogP contribution in [0.3, 0.4) is 0 Å². The van der Waals surface area contributed by atoms with Crippen LogP contribution in [-0.4, -0.2) is 49.0 Å². The van der Waals surface area contributed by atoms with Crippen LogP contribution in [0.25, 0.3) is 0 Å². The molecule has 3 unspecified atom stereocenters. The minimum Gasteiger partial charge on any atom is -0.465 e. The number of carbonyl (C=O) groups excluding carboxylic acids is 1. The molecule has 2 aromatic carbocycles. The first kappa shape index (κ1) is 24.0. The molecule has 9 heteroatoms. The van der Waals surface area contributed by atoms with E-state index in [-0.39, 0.29) is 28.7 Å². The molecule has 1 aliphatic carbocycles. The molecule has 2 fully saturated rings. The highest BCUT2D eigenvalue weighted by molar-refractivity contribution is 7.89. The number of sulfonamides is 1. The van der Waals surface area contributed by atoms with Crippen molar-refractivity contribution in [3.05, 3.63) is 78.4 Å². The number of hydrogen-bond acceptors (Lipinski definition) is 4. The SMILES string of the molecule is C=CC(=O)NC1CC2CN(S(=O)(=O)c3ccc(C(Cc4ccccc4)NC(=O)O)cc3)CC2C1. The maximum absolute atomic E-state index is 13.3. The second-order valence-electron chi connectivity index (χ2n) is 8.98. The summed E-state index contributed by atoms with van der Waals surface area (Å²) in [7, 11) is -3.66. The van der Waals surface area contributed by atoms with Crippen LogP contribution in [0.4, 0.5) is 4.79 Å². The van der Waals surface area contributed by atoms with Crippen molar-refractivity contribution in [2.24, 2.45) is 11.8 Å². The van der Waals surface area contributed by atoms with Gasteiger partial charge in [0.2, 0.25) is 15.9 Å². The van der Waals surface area contributed by atoms with Crippen molar-refractivity contribution in [3.63, 3.8) is 0 Å². The van der Waals surface area contributed by atoms with Crippen LogP contribution in [0.15, 0.2) is 72.1 Å². The second kappa shape index (κ2) is 9.99. The molecule has 0 aromatic heterocycles. The molecule has 3 atom stereocenters. The van der Waals surface area contributed by atoms with Crippen molar-refractivity contribution in [2.75, 3.05) is 13.1 Å². The highest BCUT2D eigenvalue weighted by atomic mass is 32.2. The first-order valence-electron chi connectivity index (χ1n) is 11.3. The average molecular weight is 484 g/mol. The van der Waals surface area contributed by atoms with E-state index in [4.69, 9.17) is 0 Å². The van der Waals surface area contributed by atoms with E-state index in [1.807, 2.05) is 30.3 Å². The molecule has 1 aliphatic heterocycles. The van der Waals surface area contributed by atoms with Crippen LogP contribution in [0.5, 0.6) is 0 Å². The lowest BCUT2D eigenvalue weighted by atomic mass is 9.99. The maximum Gasteiger partial charge on any atom is 0.405 e. The predicted octanol–water partition coefficient (Wildman–Crippen LogP) is 2.94. The average Bonchev–Trinajstić information content (AvgIpc) is 3.38. The molecule has 0 spiro atoms. The molecule has 2 aromatic rings. The summed E-state index contributed by atoms with van der Waals surface area (Å²) < 4.78 is 28.0. The fourth-order valence-corrected chi connectivity index (χ4v) is 6.66. The lowest BCUT2D eigenvalue weighted by Gasteiger charge is -2.21. The van der Waals surface area contributed by atoms with Crippen LogP contribution < -0.4 is 10.6 Å². The Kier molecular flexibility index (Phi) is 7.04. The van der Waals surface area contributed by atoms with E-state index < -0.39 is 22.2 Å². The third kappa shape index (κ3) is 5.31. The van der Waals surface area contributed by atoms with Crippen LogP contribution in [0, 0.1) is 11.8 Å². The fraction of sp³-hybridized carbons (Fsp3) is 0.360. The summed E-state index contributed by atoms with van der Waals surface area (Å²) in [6, 6.07) is 15.5. The maximum atomic E-state index is 13.3. The van der Waals surface area contributed by atoms with Gasteiger partial charge in [0.1, 0.15) is 0 Å². The third-order valence-corrected chi connectivity index (χ3v) is 8.60. The molecule has 34 heavy (non-hydrogen) atoms. The number of hydrogen-bond donors (Lipinski definition) is 3. The van der Waals surface area contributed by atoms with E-state index >= 15 is 0 Å². The first-order valence-corrected chi connectivity index (χ1v) is 12.8. The zero-order valence-corrected chi connectivity index (χ0v) is 19.6. The molecular formula is C25H29N3O5S. The number of amides is 2. The van der Waals surface area contributed by atoms with E-state index in [9.17, 15) is 23.1 Å². The molecule has 0 radical (unpaired) electrons. The summed E-state index contributed by atoms with van der Waals surface area (Å²) in [5, 5.41) is 14.7. The number of fused-ring (bicyclic) bond motifs is 1. The molecule has 3 N–H and O–H groups in total. The zero-order valence-electron chi connectivity index (χ0n) is 18.8. The van der Waals surface area contributed by atoms with Crippen LogP contribution in [0.2, 0.25) is 0 Å². The number of nitrogens with one attached hydrogen (secondary N) is 2. The van der Waals surface area contributed by atoms with Gasteiger partial charge in [-0.2, -0.15) is 4.31 Å². The number of carbonyl (C=O) groups is 2. The highest BCUT2D eigenvalue weighted by Crippen LogP contribution is 2.40. The Morgan fingerprint density at radius 3 is 2.24 bits per heavy atom. The van der Waals surface area contributed by atoms with Gasteiger partial charge in [0.05, 0.1) is 10.9 Å². The normalized spacial score (nSPS) is 23.1. The lowest BCUT2D eigenvalue weighted by Crippen LogP contribution is -2.35. The predicted molar refractivity (Wildman–Crippen MR) is 128 cm³/mol. The van der Waals surface area contributed by atoms with E-state index in [0.29, 0.717) is 25.1 Å². The van der Waals surface area contributed by atoms with Gasteiger partial charge in [-0.15, -0.1) is 0 Å². The van der Waals surface area contributed by atoms with Gasteiger partial charge in [-0.3, -0.25) is 4.79 Å². The molecule has 180 valence electrons. The van der Waals surface area contributed by atoms with Crippen molar-refractivity contribution in [2.45, 2.75) is 36.2 Å². The molecule has 1 saturated carbocycles. The van der Waals surface area contributed by atoms with Crippen molar-refractivity contribution in [1.82, 2.24) is 14.9 Å². The van der Waals surface area contributed by atoms with Gasteiger partial charge in [0.25, 0.3) is 0 Å². The lowest BCUT2D eigenvalue weighted by molar-refractivity contribution is -0.117. The largest absolute Gasteiger partial charge is 0.465 e. The molecule has 1 heterocycles. The van der Waals surface area contributed by atoms with Crippen LogP contribution in [0.1, 0.15) is 30.0 Å². The van der Waals surface area contributed by atoms with Crippen LogP contribution >= 0.6 is 0 Å². The summed E-state index contributed by atoms with van der Waals surface area (Å²) in [6.07, 6.45) is 2.10. The summed E-state index contributed by atoms with van der Waals surface area (Å²) >= 11 is 0. The zero-order chi connectivity index (χ0) is 24.3. The minimum atomic E-state index is -3.66. The van der Waals surface area contributed by atoms with E-state index in [1.54, 1.807) is 24.3 Å². The first-order chi connectivity index (χ1) is 16.3. The Hall–Kier alpha value is -3.17. The van der Waals surface area contributed by atoms with E-state index in [1.165, 1.54) is 10.4 Å². The molecule has 2 aliphatic rings. The van der Waals surface area contributed by atoms with Gasteiger partial charge in [0, 0.05) is 19.1 Å². The topological polar surface area (TPSA) is 116 Å². The Morgan fingerprint density at radius 1 is 1.06 bits per heavy atom. The third-order valence-electron chi connectivity index (χ3n) is 6.75. The van der Waals surface area contributed by atoms with Gasteiger partial charge in [0.15, 0.2) is 0 Å². The number of rotatable bonds is 8. The summed E-state index contributed by atoms with van der Waals surface area (Å²) in [5.41, 5.74) is 1.67. The Labute approximate surface area is 199 Å². The van der Waals surface area contributed by atoms with Crippen molar-refractivity contribution >= 4 is 22.0 Å². The van der Waals surface area contributed by atoms with E-state index in [0.717, 1.165) is 18.4 Å². The van der Waals surface area contributed by atoms with Crippen LogP contribution in [-0.2, 0) is 21.2 Å². The molecular weight excluding hydrogens is 454 g/mol. The Bertz CT molecular complexity index is 1140. The van der Waals surface area contributed by atoms with Crippen molar-refractivity contribution in [3.8, 4) is 0 Å². The molecule has 8 nitrogen and oxygen atoms in total. The Morgan fingerprint density at radius 2 is 1.68 bits per heavy atom. The smallest absolute Gasteiger partial charge is 0.405 e. The van der Waals surface area contributed by atoms with Gasteiger partial charge >= 0.3 is 6.09 Å². The minimum absolute atomic E-state index is 0.0629. The number of benzene rings is 2. The number of carboxylic acid groups (broad SMARTS) is 1. The molecule has 2 amide bonds. The van der Waals surface area contributed by atoms with Gasteiger partial charge < -0.3 is 15.7 Å². The summed E-state index contributed by atoms with van der Waals surface area (Å²) in [4.78, 5) is 23.1. The van der Waals surface area contributed by atoms with Gasteiger partial charge in [-0.05, 0) is 60.4 Å².